The molecule has 1 N–H and O–H groups in total. The highest BCUT2D eigenvalue weighted by Gasteiger charge is 2.12. The molecule has 152 valence electrons. The molecule has 0 aliphatic heterocycles. The Kier molecular flexibility index (Phi) is 6.40. The van der Waals surface area contributed by atoms with Crippen LogP contribution in [-0.4, -0.2) is 24.1 Å². The van der Waals surface area contributed by atoms with E-state index in [1.807, 2.05) is 30.0 Å². The summed E-state index contributed by atoms with van der Waals surface area (Å²) < 4.78 is 7.50. The number of thioether (sulfide) groups is 1. The minimum atomic E-state index is -0.123. The van der Waals surface area contributed by atoms with Crippen molar-refractivity contribution in [2.45, 2.75) is 17.2 Å². The first-order chi connectivity index (χ1) is 14.8. The molecule has 0 spiro atoms. The molecule has 0 aliphatic rings. The lowest BCUT2D eigenvalue weighted by molar-refractivity contribution is 0.0949. The van der Waals surface area contributed by atoms with E-state index in [9.17, 15) is 4.79 Å². The van der Waals surface area contributed by atoms with E-state index in [0.29, 0.717) is 24.4 Å². The van der Waals surface area contributed by atoms with Gasteiger partial charge >= 0.3 is 0 Å². The van der Waals surface area contributed by atoms with E-state index >= 15 is 0 Å². The van der Waals surface area contributed by atoms with E-state index in [2.05, 4.69) is 64.6 Å². The normalized spacial score (nSPS) is 10.8. The highest BCUT2D eigenvalue weighted by molar-refractivity contribution is 7.98. The van der Waals surface area contributed by atoms with Gasteiger partial charge in [-0.05, 0) is 23.8 Å². The largest absolute Gasteiger partial charge is 0.496 e. The molecule has 0 saturated heterocycles. The number of rotatable bonds is 8. The molecule has 1 heterocycles. The van der Waals surface area contributed by atoms with Crippen LogP contribution in [-0.2, 0) is 12.3 Å². The second-order valence-corrected chi connectivity index (χ2v) is 7.95. The van der Waals surface area contributed by atoms with Crippen molar-refractivity contribution in [3.63, 3.8) is 0 Å². The van der Waals surface area contributed by atoms with Crippen LogP contribution >= 0.6 is 11.8 Å². The van der Waals surface area contributed by atoms with Crippen LogP contribution in [0.4, 0.5) is 0 Å². The number of aromatic nitrogens is 1. The number of ether oxygens (including phenoxy) is 1. The zero-order valence-electron chi connectivity index (χ0n) is 16.9. The molecule has 0 radical (unpaired) electrons. The monoisotopic (exact) mass is 416 g/mol. The van der Waals surface area contributed by atoms with E-state index in [1.54, 1.807) is 19.2 Å². The van der Waals surface area contributed by atoms with Gasteiger partial charge in [-0.1, -0.05) is 60.7 Å². The summed E-state index contributed by atoms with van der Waals surface area (Å²) in [5.41, 5.74) is 3.04. The lowest BCUT2D eigenvalue weighted by Crippen LogP contribution is -2.27. The topological polar surface area (TPSA) is 43.3 Å². The molecular formula is C25H24N2O2S. The molecule has 5 heteroatoms. The Morgan fingerprint density at radius 1 is 0.967 bits per heavy atom. The van der Waals surface area contributed by atoms with Crippen LogP contribution in [0.3, 0.4) is 0 Å². The average Bonchev–Trinajstić information content (AvgIpc) is 3.16. The number of para-hydroxylation sites is 2. The van der Waals surface area contributed by atoms with Gasteiger partial charge in [-0.15, -0.1) is 11.8 Å². The van der Waals surface area contributed by atoms with Gasteiger partial charge in [0, 0.05) is 40.8 Å². The Morgan fingerprint density at radius 3 is 2.53 bits per heavy atom. The van der Waals surface area contributed by atoms with Crippen molar-refractivity contribution in [2.75, 3.05) is 13.7 Å². The smallest absolute Gasteiger partial charge is 0.255 e. The van der Waals surface area contributed by atoms with Gasteiger partial charge in [-0.2, -0.15) is 0 Å². The number of fused-ring (bicyclic) bond motifs is 1. The number of benzene rings is 3. The van der Waals surface area contributed by atoms with E-state index in [1.165, 1.54) is 21.4 Å². The average molecular weight is 417 g/mol. The molecule has 1 amide bonds. The summed E-state index contributed by atoms with van der Waals surface area (Å²) in [6.45, 7) is 1.24. The molecule has 0 aliphatic carbocycles. The number of hydrogen-bond donors (Lipinski definition) is 1. The Morgan fingerprint density at radius 2 is 1.70 bits per heavy atom. The van der Waals surface area contributed by atoms with Crippen molar-refractivity contribution in [3.8, 4) is 5.75 Å². The first kappa shape index (κ1) is 20.1. The Labute approximate surface area is 180 Å². The third kappa shape index (κ3) is 4.52. The molecule has 0 saturated carbocycles. The van der Waals surface area contributed by atoms with Gasteiger partial charge in [0.1, 0.15) is 5.75 Å². The molecular weight excluding hydrogens is 392 g/mol. The van der Waals surface area contributed by atoms with Crippen LogP contribution in [0.25, 0.3) is 10.9 Å². The summed E-state index contributed by atoms with van der Waals surface area (Å²) >= 11 is 1.84. The third-order valence-electron chi connectivity index (χ3n) is 4.98. The maximum atomic E-state index is 12.5. The summed E-state index contributed by atoms with van der Waals surface area (Å²) in [7, 11) is 1.58. The van der Waals surface area contributed by atoms with Crippen LogP contribution < -0.4 is 10.1 Å². The van der Waals surface area contributed by atoms with Crippen LogP contribution in [0.15, 0.2) is 90.0 Å². The van der Waals surface area contributed by atoms with Crippen molar-refractivity contribution in [3.05, 3.63) is 96.2 Å². The summed E-state index contributed by atoms with van der Waals surface area (Å²) in [6.07, 6.45) is 2.19. The van der Waals surface area contributed by atoms with Crippen LogP contribution in [0.5, 0.6) is 5.75 Å². The molecule has 4 aromatic rings. The van der Waals surface area contributed by atoms with Crippen molar-refractivity contribution < 1.29 is 9.53 Å². The summed E-state index contributed by atoms with van der Waals surface area (Å²) in [6, 6.07) is 26.2. The summed E-state index contributed by atoms with van der Waals surface area (Å²) in [5.74, 6) is 1.39. The standard InChI is InChI=1S/C25H24N2O2S/c1-29-23-14-8-6-12-21(23)25(28)26-15-16-27-17-24(20-11-5-7-13-22(20)27)30-18-19-9-3-2-4-10-19/h2-14,17H,15-16,18H2,1H3,(H,26,28). The van der Waals surface area contributed by atoms with Gasteiger partial charge in [-0.3, -0.25) is 4.79 Å². The van der Waals surface area contributed by atoms with Crippen molar-refractivity contribution >= 4 is 28.6 Å². The third-order valence-corrected chi connectivity index (χ3v) is 6.09. The van der Waals surface area contributed by atoms with E-state index in [4.69, 9.17) is 4.74 Å². The van der Waals surface area contributed by atoms with Gasteiger partial charge in [0.25, 0.3) is 5.91 Å². The molecule has 4 nitrogen and oxygen atoms in total. The van der Waals surface area contributed by atoms with E-state index < -0.39 is 0 Å². The highest BCUT2D eigenvalue weighted by Crippen LogP contribution is 2.32. The first-order valence-corrected chi connectivity index (χ1v) is 10.9. The minimum Gasteiger partial charge on any atom is -0.496 e. The second-order valence-electron chi connectivity index (χ2n) is 6.93. The van der Waals surface area contributed by atoms with Crippen molar-refractivity contribution in [1.82, 2.24) is 9.88 Å². The number of nitrogens with one attached hydrogen (secondary N) is 1. The van der Waals surface area contributed by atoms with Crippen molar-refractivity contribution in [2.24, 2.45) is 0 Å². The molecule has 0 bridgehead atoms. The van der Waals surface area contributed by atoms with Gasteiger partial charge in [0.2, 0.25) is 0 Å². The van der Waals surface area contributed by atoms with Crippen LogP contribution in [0.1, 0.15) is 15.9 Å². The van der Waals surface area contributed by atoms with Gasteiger partial charge in [-0.25, -0.2) is 0 Å². The molecule has 30 heavy (non-hydrogen) atoms. The molecule has 4 rings (SSSR count). The maximum absolute atomic E-state index is 12.5. The quantitative estimate of drug-likeness (QED) is 0.393. The van der Waals surface area contributed by atoms with E-state index in [-0.39, 0.29) is 5.91 Å². The SMILES string of the molecule is COc1ccccc1C(=O)NCCn1cc(SCc2ccccc2)c2ccccc21. The fraction of sp³-hybridized carbons (Fsp3) is 0.160. The number of methoxy groups -OCH3 is 1. The van der Waals surface area contributed by atoms with Gasteiger partial charge in [0.05, 0.1) is 12.7 Å². The Balaban J connectivity index is 1.44. The summed E-state index contributed by atoms with van der Waals surface area (Å²) in [4.78, 5) is 13.8. The molecule has 0 atom stereocenters. The number of carbonyl (C=O) groups is 1. The van der Waals surface area contributed by atoms with Gasteiger partial charge < -0.3 is 14.6 Å². The van der Waals surface area contributed by atoms with Crippen LogP contribution in [0.2, 0.25) is 0 Å². The molecule has 0 fully saturated rings. The lowest BCUT2D eigenvalue weighted by Gasteiger charge is -2.10. The number of nitrogens with zero attached hydrogens (tertiary/aromatic N) is 1. The molecule has 0 unspecified atom stereocenters. The number of carbonyl (C=O) groups excluding carboxylic acids is 1. The van der Waals surface area contributed by atoms with Crippen LogP contribution in [0, 0.1) is 0 Å². The fourth-order valence-electron chi connectivity index (χ4n) is 3.47. The molecule has 1 aromatic heterocycles. The Bertz CT molecular complexity index is 1140. The van der Waals surface area contributed by atoms with E-state index in [0.717, 1.165) is 5.75 Å². The lowest BCUT2D eigenvalue weighted by atomic mass is 10.2. The maximum Gasteiger partial charge on any atom is 0.255 e. The zero-order valence-corrected chi connectivity index (χ0v) is 17.7. The second kappa shape index (κ2) is 9.55. The number of amides is 1. The van der Waals surface area contributed by atoms with Crippen molar-refractivity contribution in [1.29, 1.82) is 0 Å². The minimum absolute atomic E-state index is 0.123. The fourth-order valence-corrected chi connectivity index (χ4v) is 4.51. The first-order valence-electron chi connectivity index (χ1n) is 9.92. The predicted octanol–water partition coefficient (Wildman–Crippen LogP) is 5.37. The molecule has 3 aromatic carbocycles. The van der Waals surface area contributed by atoms with Gasteiger partial charge in [0.15, 0.2) is 0 Å². The highest BCUT2D eigenvalue weighted by atomic mass is 32.2. The number of hydrogen-bond acceptors (Lipinski definition) is 3. The Hall–Kier alpha value is -3.18. The predicted molar refractivity (Wildman–Crippen MR) is 123 cm³/mol. The summed E-state index contributed by atoms with van der Waals surface area (Å²) in [5, 5.41) is 4.25. The zero-order chi connectivity index (χ0) is 20.8.